The highest BCUT2D eigenvalue weighted by molar-refractivity contribution is 5.80. The van der Waals surface area contributed by atoms with Gasteiger partial charge in [-0.15, -0.1) is 0 Å². The Morgan fingerprint density at radius 2 is 2.47 bits per heavy atom. The molecular weight excluding hydrogens is 216 g/mol. The summed E-state index contributed by atoms with van der Waals surface area (Å²) in [6, 6.07) is 5.69. The Hall–Kier alpha value is -2.35. The number of aromatic nitrogens is 2. The van der Waals surface area contributed by atoms with Crippen LogP contribution in [0.25, 0.3) is 11.0 Å². The number of rotatable bonds is 4. The zero-order valence-corrected chi connectivity index (χ0v) is 9.23. The minimum Gasteiger partial charge on any atom is -0.355 e. The molecule has 2 rings (SSSR count). The fraction of sp³-hybridized carbons (Fsp3) is 0.250. The first-order chi connectivity index (χ1) is 8.31. The van der Waals surface area contributed by atoms with Gasteiger partial charge >= 0.3 is 0 Å². The van der Waals surface area contributed by atoms with Crippen LogP contribution < -0.4 is 5.32 Å². The number of carbonyl (C=O) groups is 1. The predicted molar refractivity (Wildman–Crippen MR) is 63.0 cm³/mol. The van der Waals surface area contributed by atoms with E-state index in [9.17, 15) is 4.79 Å². The van der Waals surface area contributed by atoms with Crippen molar-refractivity contribution in [2.24, 2.45) is 0 Å². The Morgan fingerprint density at radius 3 is 3.29 bits per heavy atom. The fourth-order valence-corrected chi connectivity index (χ4v) is 1.69. The minimum atomic E-state index is -0.231. The maximum absolute atomic E-state index is 11.1. The molecule has 0 fully saturated rings. The molecule has 17 heavy (non-hydrogen) atoms. The molecule has 2 aromatic heterocycles. The Balaban J connectivity index is 1.96. The average Bonchev–Trinajstić information content (AvgIpc) is 2.73. The number of amides is 1. The lowest BCUT2D eigenvalue weighted by Crippen LogP contribution is -2.24. The van der Waals surface area contributed by atoms with E-state index in [1.807, 2.05) is 24.4 Å². The van der Waals surface area contributed by atoms with Gasteiger partial charge in [-0.05, 0) is 24.1 Å². The van der Waals surface area contributed by atoms with Gasteiger partial charge in [0.1, 0.15) is 12.1 Å². The van der Waals surface area contributed by atoms with Gasteiger partial charge < -0.3 is 10.3 Å². The van der Waals surface area contributed by atoms with Crippen molar-refractivity contribution in [1.82, 2.24) is 15.3 Å². The van der Waals surface area contributed by atoms with Crippen molar-refractivity contribution in [1.29, 1.82) is 5.26 Å². The third kappa shape index (κ3) is 2.61. The van der Waals surface area contributed by atoms with E-state index in [2.05, 4.69) is 15.3 Å². The molecule has 0 saturated carbocycles. The van der Waals surface area contributed by atoms with Gasteiger partial charge in [0.2, 0.25) is 5.91 Å². The molecule has 0 saturated heterocycles. The normalized spacial score (nSPS) is 10.1. The summed E-state index contributed by atoms with van der Waals surface area (Å²) in [7, 11) is 0. The molecule has 0 unspecified atom stereocenters. The van der Waals surface area contributed by atoms with Gasteiger partial charge in [0.25, 0.3) is 0 Å². The highest BCUT2D eigenvalue weighted by atomic mass is 16.1. The average molecular weight is 228 g/mol. The maximum Gasteiger partial charge on any atom is 0.234 e. The summed E-state index contributed by atoms with van der Waals surface area (Å²) in [5.41, 5.74) is 1.97. The second kappa shape index (κ2) is 5.12. The molecule has 5 nitrogen and oxygen atoms in total. The Morgan fingerprint density at radius 1 is 1.59 bits per heavy atom. The molecule has 1 amide bonds. The first-order valence-corrected chi connectivity index (χ1v) is 5.36. The Bertz CT molecular complexity index is 567. The molecule has 0 radical (unpaired) electrons. The standard InChI is InChI=1S/C12H12N4O/c13-5-3-11(17)14-7-4-9-8-16-12-10(9)2-1-6-15-12/h1-2,6,8H,3-4,7H2,(H,14,17)(H,15,16). The zero-order valence-electron chi connectivity index (χ0n) is 9.23. The van der Waals surface area contributed by atoms with Gasteiger partial charge in [0.05, 0.1) is 6.07 Å². The van der Waals surface area contributed by atoms with E-state index >= 15 is 0 Å². The van der Waals surface area contributed by atoms with Gasteiger partial charge in [0.15, 0.2) is 0 Å². The highest BCUT2D eigenvalue weighted by Crippen LogP contribution is 2.15. The number of hydrogen-bond acceptors (Lipinski definition) is 3. The summed E-state index contributed by atoms with van der Waals surface area (Å²) in [6.45, 7) is 0.530. The SMILES string of the molecule is N#CCC(=O)NCCc1c[nH]c2ncccc12. The summed E-state index contributed by atoms with van der Waals surface area (Å²) in [5, 5.41) is 12.1. The molecule has 0 atom stereocenters. The molecule has 0 spiro atoms. The fourth-order valence-electron chi connectivity index (χ4n) is 1.69. The molecule has 0 aliphatic heterocycles. The predicted octanol–water partition coefficient (Wildman–Crippen LogP) is 1.14. The number of fused-ring (bicyclic) bond motifs is 1. The van der Waals surface area contributed by atoms with Crippen LogP contribution in [0.4, 0.5) is 0 Å². The van der Waals surface area contributed by atoms with E-state index in [0.29, 0.717) is 6.54 Å². The van der Waals surface area contributed by atoms with Crippen molar-refractivity contribution >= 4 is 16.9 Å². The summed E-state index contributed by atoms with van der Waals surface area (Å²) in [6.07, 6.45) is 4.27. The third-order valence-corrected chi connectivity index (χ3v) is 2.49. The first kappa shape index (κ1) is 11.1. The monoisotopic (exact) mass is 228 g/mol. The summed E-state index contributed by atoms with van der Waals surface area (Å²) < 4.78 is 0. The Labute approximate surface area is 98.5 Å². The van der Waals surface area contributed by atoms with E-state index < -0.39 is 0 Å². The van der Waals surface area contributed by atoms with Crippen molar-refractivity contribution in [2.45, 2.75) is 12.8 Å². The molecule has 2 heterocycles. The molecular formula is C12H12N4O. The molecule has 5 heteroatoms. The number of nitrogens with one attached hydrogen (secondary N) is 2. The largest absolute Gasteiger partial charge is 0.355 e. The quantitative estimate of drug-likeness (QED) is 0.823. The topological polar surface area (TPSA) is 81.6 Å². The van der Waals surface area contributed by atoms with E-state index in [4.69, 9.17) is 5.26 Å². The van der Waals surface area contributed by atoms with Gasteiger partial charge in [-0.3, -0.25) is 4.79 Å². The number of carbonyl (C=O) groups excluding carboxylic acids is 1. The lowest BCUT2D eigenvalue weighted by atomic mass is 10.1. The van der Waals surface area contributed by atoms with Crippen molar-refractivity contribution in [3.05, 3.63) is 30.1 Å². The number of H-pyrrole nitrogens is 1. The minimum absolute atomic E-state index is 0.0879. The molecule has 2 aromatic rings. The molecule has 0 aliphatic rings. The van der Waals surface area contributed by atoms with Gasteiger partial charge in [-0.1, -0.05) is 0 Å². The highest BCUT2D eigenvalue weighted by Gasteiger charge is 2.04. The zero-order chi connectivity index (χ0) is 12.1. The van der Waals surface area contributed by atoms with E-state index in [-0.39, 0.29) is 12.3 Å². The van der Waals surface area contributed by atoms with Crippen LogP contribution in [-0.2, 0) is 11.2 Å². The van der Waals surface area contributed by atoms with Crippen LogP contribution in [0.5, 0.6) is 0 Å². The molecule has 0 aliphatic carbocycles. The van der Waals surface area contributed by atoms with Crippen molar-refractivity contribution in [3.63, 3.8) is 0 Å². The van der Waals surface area contributed by atoms with Gasteiger partial charge in [-0.25, -0.2) is 4.98 Å². The lowest BCUT2D eigenvalue weighted by molar-refractivity contribution is -0.120. The third-order valence-electron chi connectivity index (χ3n) is 2.49. The van der Waals surface area contributed by atoms with Crippen LogP contribution in [0.2, 0.25) is 0 Å². The molecule has 0 bridgehead atoms. The summed E-state index contributed by atoms with van der Waals surface area (Å²) >= 11 is 0. The molecule has 0 aromatic carbocycles. The van der Waals surface area contributed by atoms with Gasteiger partial charge in [-0.2, -0.15) is 5.26 Å². The molecule has 2 N–H and O–H groups in total. The van der Waals surface area contributed by atoms with Crippen LogP contribution in [0.15, 0.2) is 24.5 Å². The van der Waals surface area contributed by atoms with Crippen molar-refractivity contribution in [2.75, 3.05) is 6.54 Å². The second-order valence-corrected chi connectivity index (χ2v) is 3.65. The van der Waals surface area contributed by atoms with E-state index in [1.165, 1.54) is 0 Å². The van der Waals surface area contributed by atoms with Crippen LogP contribution in [0.3, 0.4) is 0 Å². The van der Waals surface area contributed by atoms with E-state index in [1.54, 1.807) is 6.20 Å². The number of nitriles is 1. The molecule has 86 valence electrons. The Kier molecular flexibility index (Phi) is 3.36. The van der Waals surface area contributed by atoms with E-state index in [0.717, 1.165) is 23.0 Å². The second-order valence-electron chi connectivity index (χ2n) is 3.65. The maximum atomic E-state index is 11.1. The summed E-state index contributed by atoms with van der Waals surface area (Å²) in [5.74, 6) is -0.231. The number of aromatic amines is 1. The van der Waals surface area contributed by atoms with Crippen molar-refractivity contribution in [3.8, 4) is 6.07 Å². The van der Waals surface area contributed by atoms with Crippen LogP contribution in [0.1, 0.15) is 12.0 Å². The van der Waals surface area contributed by atoms with Crippen LogP contribution >= 0.6 is 0 Å². The smallest absolute Gasteiger partial charge is 0.234 e. The number of pyridine rings is 1. The lowest BCUT2D eigenvalue weighted by Gasteiger charge is -2.01. The first-order valence-electron chi connectivity index (χ1n) is 5.36. The van der Waals surface area contributed by atoms with Crippen LogP contribution in [-0.4, -0.2) is 22.4 Å². The van der Waals surface area contributed by atoms with Gasteiger partial charge in [0, 0.05) is 24.3 Å². The van der Waals surface area contributed by atoms with Crippen LogP contribution in [0, 0.1) is 11.3 Å². The number of hydrogen-bond donors (Lipinski definition) is 2. The summed E-state index contributed by atoms with van der Waals surface area (Å²) in [4.78, 5) is 18.3. The number of nitrogens with zero attached hydrogens (tertiary/aromatic N) is 2. The van der Waals surface area contributed by atoms with Crippen molar-refractivity contribution < 1.29 is 4.79 Å².